The highest BCUT2D eigenvalue weighted by Gasteiger charge is 2.33. The molecule has 0 aliphatic carbocycles. The van der Waals surface area contributed by atoms with Gasteiger partial charge in [0.25, 0.3) is 11.8 Å². The van der Waals surface area contributed by atoms with Gasteiger partial charge in [0.15, 0.2) is 0 Å². The van der Waals surface area contributed by atoms with Crippen LogP contribution in [0.2, 0.25) is 0 Å². The zero-order valence-electron chi connectivity index (χ0n) is 17.4. The van der Waals surface area contributed by atoms with Gasteiger partial charge < -0.3 is 21.1 Å². The predicted molar refractivity (Wildman–Crippen MR) is 116 cm³/mol. The van der Waals surface area contributed by atoms with Crippen molar-refractivity contribution < 1.29 is 27.5 Å². The Morgan fingerprint density at radius 1 is 1.00 bits per heavy atom. The fraction of sp³-hybridized carbons (Fsp3) is 0.174. The van der Waals surface area contributed by atoms with Crippen molar-refractivity contribution in [1.82, 2.24) is 10.3 Å². The van der Waals surface area contributed by atoms with Crippen LogP contribution < -0.4 is 21.1 Å². The number of anilines is 1. The summed E-state index contributed by atoms with van der Waals surface area (Å²) in [5, 5.41) is 5.23. The van der Waals surface area contributed by atoms with E-state index in [1.165, 1.54) is 12.3 Å². The van der Waals surface area contributed by atoms with Crippen molar-refractivity contribution in [2.75, 3.05) is 18.4 Å². The first-order chi connectivity index (χ1) is 15.8. The van der Waals surface area contributed by atoms with Gasteiger partial charge >= 0.3 is 6.18 Å². The molecular weight excluding hydrogens is 437 g/mol. The van der Waals surface area contributed by atoms with Gasteiger partial charge in [-0.1, -0.05) is 24.3 Å². The maximum absolute atomic E-state index is 13.0. The Morgan fingerprint density at radius 3 is 2.55 bits per heavy atom. The Balaban J connectivity index is 1.54. The summed E-state index contributed by atoms with van der Waals surface area (Å²) in [5.74, 6) is -0.970. The number of ether oxygens (including phenoxy) is 1. The Bertz CT molecular complexity index is 1140. The van der Waals surface area contributed by atoms with E-state index in [0.717, 1.165) is 6.07 Å². The van der Waals surface area contributed by atoms with Gasteiger partial charge in [0, 0.05) is 24.8 Å². The molecule has 0 radical (unpaired) electrons. The van der Waals surface area contributed by atoms with Crippen molar-refractivity contribution in [2.45, 2.75) is 12.8 Å². The number of nitrogens with two attached hydrogens (primary N) is 1. The summed E-state index contributed by atoms with van der Waals surface area (Å²) in [4.78, 5) is 27.6. The van der Waals surface area contributed by atoms with Crippen LogP contribution in [0.5, 0.6) is 5.75 Å². The summed E-state index contributed by atoms with van der Waals surface area (Å²) in [7, 11) is 0. The lowest BCUT2D eigenvalue weighted by molar-refractivity contribution is -0.137. The average molecular weight is 458 g/mol. The second-order valence-corrected chi connectivity index (χ2v) is 6.93. The molecule has 4 N–H and O–H groups in total. The molecule has 2 aromatic carbocycles. The zero-order valence-corrected chi connectivity index (χ0v) is 17.4. The molecule has 0 saturated carbocycles. The third kappa shape index (κ3) is 6.45. The number of primary amides is 1. The minimum Gasteiger partial charge on any atom is -0.488 e. The first-order valence-electron chi connectivity index (χ1n) is 9.90. The van der Waals surface area contributed by atoms with Gasteiger partial charge in [0.05, 0.1) is 11.1 Å². The van der Waals surface area contributed by atoms with Gasteiger partial charge in [-0.25, -0.2) is 4.98 Å². The van der Waals surface area contributed by atoms with Crippen molar-refractivity contribution in [3.8, 4) is 5.75 Å². The molecule has 0 fully saturated rings. The van der Waals surface area contributed by atoms with Crippen LogP contribution in [0.1, 0.15) is 31.8 Å². The SMILES string of the molecule is NC(=O)c1ccccc1OCc1cccc(C(=O)NCCNc2ncccc2C(F)(F)F)c1. The second kappa shape index (κ2) is 10.5. The summed E-state index contributed by atoms with van der Waals surface area (Å²) in [6.07, 6.45) is -3.27. The molecule has 3 rings (SSSR count). The van der Waals surface area contributed by atoms with Crippen LogP contribution in [0, 0.1) is 0 Å². The predicted octanol–water partition coefficient (Wildman–Crippen LogP) is 3.62. The molecule has 0 atom stereocenters. The summed E-state index contributed by atoms with van der Waals surface area (Å²) in [5.41, 5.74) is 5.75. The maximum atomic E-state index is 13.0. The second-order valence-electron chi connectivity index (χ2n) is 6.93. The Labute approximate surface area is 187 Å². The van der Waals surface area contributed by atoms with Crippen LogP contribution in [0.25, 0.3) is 0 Å². The minimum atomic E-state index is -4.53. The third-order valence-electron chi connectivity index (χ3n) is 4.55. The number of amides is 2. The number of carbonyl (C=O) groups excluding carboxylic acids is 2. The molecule has 0 bridgehead atoms. The van der Waals surface area contributed by atoms with Crippen molar-refractivity contribution in [3.63, 3.8) is 0 Å². The lowest BCUT2D eigenvalue weighted by atomic mass is 10.1. The largest absolute Gasteiger partial charge is 0.488 e. The van der Waals surface area contributed by atoms with Gasteiger partial charge in [-0.05, 0) is 42.0 Å². The van der Waals surface area contributed by atoms with Gasteiger partial charge in [-0.3, -0.25) is 9.59 Å². The quantitative estimate of drug-likeness (QED) is 0.425. The Kier molecular flexibility index (Phi) is 7.50. The molecule has 1 aromatic heterocycles. The molecule has 172 valence electrons. The summed E-state index contributed by atoms with van der Waals surface area (Å²) in [6.45, 7) is 0.241. The Morgan fingerprint density at radius 2 is 1.79 bits per heavy atom. The van der Waals surface area contributed by atoms with E-state index in [4.69, 9.17) is 10.5 Å². The van der Waals surface area contributed by atoms with E-state index in [0.29, 0.717) is 16.9 Å². The van der Waals surface area contributed by atoms with Gasteiger partial charge in [-0.2, -0.15) is 13.2 Å². The number of aromatic nitrogens is 1. The molecule has 10 heteroatoms. The average Bonchev–Trinajstić information content (AvgIpc) is 2.80. The summed E-state index contributed by atoms with van der Waals surface area (Å²) >= 11 is 0. The summed E-state index contributed by atoms with van der Waals surface area (Å²) in [6, 6.07) is 15.4. The van der Waals surface area contributed by atoms with E-state index in [1.807, 2.05) is 0 Å². The monoisotopic (exact) mass is 458 g/mol. The summed E-state index contributed by atoms with van der Waals surface area (Å²) < 4.78 is 44.6. The lowest BCUT2D eigenvalue weighted by Crippen LogP contribution is -2.29. The minimum absolute atomic E-state index is 0.0541. The number of nitrogens with zero attached hydrogens (tertiary/aromatic N) is 1. The highest BCUT2D eigenvalue weighted by atomic mass is 19.4. The van der Waals surface area contributed by atoms with E-state index in [2.05, 4.69) is 15.6 Å². The molecule has 3 aromatic rings. The van der Waals surface area contributed by atoms with Gasteiger partial charge in [0.2, 0.25) is 0 Å². The van der Waals surface area contributed by atoms with Crippen molar-refractivity contribution in [1.29, 1.82) is 0 Å². The van der Waals surface area contributed by atoms with E-state index >= 15 is 0 Å². The number of hydrogen-bond donors (Lipinski definition) is 3. The molecule has 0 spiro atoms. The molecular formula is C23H21F3N4O3. The number of para-hydroxylation sites is 1. The number of halogens is 3. The highest BCUT2D eigenvalue weighted by molar-refractivity contribution is 5.95. The number of alkyl halides is 3. The highest BCUT2D eigenvalue weighted by Crippen LogP contribution is 2.33. The Hall–Kier alpha value is -4.08. The first kappa shape index (κ1) is 23.6. The van der Waals surface area contributed by atoms with Crippen LogP contribution in [0.4, 0.5) is 19.0 Å². The maximum Gasteiger partial charge on any atom is 0.419 e. The number of carbonyl (C=O) groups is 2. The molecule has 2 amide bonds. The standard InChI is InChI=1S/C23H21F3N4O3/c24-23(25,26)18-8-4-10-28-21(18)29-11-12-30-22(32)16-6-3-5-15(13-16)14-33-19-9-2-1-7-17(19)20(27)31/h1-10,13H,11-12,14H2,(H2,27,31)(H,28,29)(H,30,32). The molecule has 0 saturated heterocycles. The van der Waals surface area contributed by atoms with Crippen LogP contribution in [-0.2, 0) is 12.8 Å². The van der Waals surface area contributed by atoms with Crippen LogP contribution in [0.3, 0.4) is 0 Å². The number of nitrogens with one attached hydrogen (secondary N) is 2. The van der Waals surface area contributed by atoms with Crippen LogP contribution >= 0.6 is 0 Å². The van der Waals surface area contributed by atoms with Crippen LogP contribution in [-0.4, -0.2) is 29.9 Å². The smallest absolute Gasteiger partial charge is 0.419 e. The van der Waals surface area contributed by atoms with E-state index in [1.54, 1.807) is 48.5 Å². The number of rotatable bonds is 9. The first-order valence-corrected chi connectivity index (χ1v) is 9.90. The third-order valence-corrected chi connectivity index (χ3v) is 4.55. The van der Waals surface area contributed by atoms with E-state index < -0.39 is 23.6 Å². The number of hydrogen-bond acceptors (Lipinski definition) is 5. The van der Waals surface area contributed by atoms with Crippen molar-refractivity contribution in [2.24, 2.45) is 5.73 Å². The van der Waals surface area contributed by atoms with E-state index in [9.17, 15) is 22.8 Å². The number of benzene rings is 2. The molecule has 7 nitrogen and oxygen atoms in total. The molecule has 0 unspecified atom stereocenters. The molecule has 0 aliphatic heterocycles. The van der Waals surface area contributed by atoms with Gasteiger partial charge in [-0.15, -0.1) is 0 Å². The van der Waals surface area contributed by atoms with Gasteiger partial charge in [0.1, 0.15) is 18.2 Å². The normalized spacial score (nSPS) is 11.0. The molecule has 33 heavy (non-hydrogen) atoms. The topological polar surface area (TPSA) is 106 Å². The molecule has 1 heterocycles. The van der Waals surface area contributed by atoms with Crippen molar-refractivity contribution >= 4 is 17.6 Å². The zero-order chi connectivity index (χ0) is 23.8. The van der Waals surface area contributed by atoms with Crippen LogP contribution in [0.15, 0.2) is 66.9 Å². The fourth-order valence-electron chi connectivity index (χ4n) is 2.99. The number of pyridine rings is 1. The van der Waals surface area contributed by atoms with E-state index in [-0.39, 0.29) is 31.1 Å². The lowest BCUT2D eigenvalue weighted by Gasteiger charge is -2.13. The fourth-order valence-corrected chi connectivity index (χ4v) is 2.99. The van der Waals surface area contributed by atoms with Crippen molar-refractivity contribution in [3.05, 3.63) is 89.1 Å². The molecule has 0 aliphatic rings.